The lowest BCUT2D eigenvalue weighted by Crippen LogP contribution is -2.37. The summed E-state index contributed by atoms with van der Waals surface area (Å²) in [5.74, 6) is -0.351. The number of nitriles is 1. The van der Waals surface area contributed by atoms with Crippen molar-refractivity contribution in [3.63, 3.8) is 0 Å². The molecule has 2 rings (SSSR count). The van der Waals surface area contributed by atoms with Gasteiger partial charge in [0.15, 0.2) is 0 Å². The van der Waals surface area contributed by atoms with Crippen LogP contribution >= 0.6 is 0 Å². The molecule has 0 saturated carbocycles. The van der Waals surface area contributed by atoms with E-state index in [0.717, 1.165) is 22.9 Å². The van der Waals surface area contributed by atoms with E-state index in [9.17, 15) is 19.7 Å². The number of anilines is 1. The molecule has 0 fully saturated rings. The summed E-state index contributed by atoms with van der Waals surface area (Å²) in [5.41, 5.74) is -0.649. The molecule has 1 amide bonds. The van der Waals surface area contributed by atoms with E-state index in [4.69, 9.17) is 5.26 Å². The Balaban J connectivity index is 2.18. The fourth-order valence-corrected chi connectivity index (χ4v) is 2.18. The zero-order valence-electron chi connectivity index (χ0n) is 13.7. The van der Waals surface area contributed by atoms with Crippen LogP contribution in [0.15, 0.2) is 47.4 Å². The first-order valence-corrected chi connectivity index (χ1v) is 7.39. The largest absolute Gasteiger partial charge is 0.326 e. The summed E-state index contributed by atoms with van der Waals surface area (Å²) in [6, 6.07) is 10.6. The van der Waals surface area contributed by atoms with Gasteiger partial charge < -0.3 is 9.88 Å². The standard InChI is InChI=1S/C17H16N4O4/c1-17(2,11-20-10-14(21(24)25)7-8-15(20)22)16(23)19-13-5-3-12(9-18)4-6-13/h3-8,10H,11H2,1-2H3,(H,19,23). The molecule has 2 aromatic rings. The Morgan fingerprint density at radius 2 is 1.92 bits per heavy atom. The van der Waals surface area contributed by atoms with Gasteiger partial charge in [0.25, 0.3) is 11.2 Å². The molecule has 0 atom stereocenters. The van der Waals surface area contributed by atoms with Crippen molar-refractivity contribution >= 4 is 17.3 Å². The molecule has 128 valence electrons. The molecule has 0 aliphatic heterocycles. The molecular weight excluding hydrogens is 324 g/mol. The van der Waals surface area contributed by atoms with Crippen LogP contribution in [0.5, 0.6) is 0 Å². The number of carbonyl (C=O) groups is 1. The maximum Gasteiger partial charge on any atom is 0.285 e. The molecule has 0 spiro atoms. The monoisotopic (exact) mass is 340 g/mol. The first-order chi connectivity index (χ1) is 11.7. The first kappa shape index (κ1) is 17.9. The number of benzene rings is 1. The summed E-state index contributed by atoms with van der Waals surface area (Å²) in [6.45, 7) is 3.25. The molecule has 1 aromatic carbocycles. The highest BCUT2D eigenvalue weighted by molar-refractivity contribution is 5.94. The number of rotatable bonds is 5. The summed E-state index contributed by atoms with van der Waals surface area (Å²) in [7, 11) is 0. The van der Waals surface area contributed by atoms with Gasteiger partial charge in [-0.2, -0.15) is 5.26 Å². The molecule has 1 heterocycles. The SMILES string of the molecule is CC(C)(Cn1cc([N+](=O)[O-])ccc1=O)C(=O)Nc1ccc(C#N)cc1. The Labute approximate surface area is 143 Å². The Morgan fingerprint density at radius 3 is 2.48 bits per heavy atom. The lowest BCUT2D eigenvalue weighted by atomic mass is 9.92. The summed E-state index contributed by atoms with van der Waals surface area (Å²) < 4.78 is 1.15. The molecule has 1 aromatic heterocycles. The number of amides is 1. The molecule has 0 aliphatic rings. The molecule has 0 aliphatic carbocycles. The predicted molar refractivity (Wildman–Crippen MR) is 90.9 cm³/mol. The molecule has 1 N–H and O–H groups in total. The minimum absolute atomic E-state index is 0.0182. The molecule has 8 heteroatoms. The van der Waals surface area contributed by atoms with E-state index in [2.05, 4.69) is 5.32 Å². The van der Waals surface area contributed by atoms with Crippen molar-refractivity contribution < 1.29 is 9.72 Å². The van der Waals surface area contributed by atoms with Crippen molar-refractivity contribution in [3.05, 3.63) is 68.6 Å². The minimum Gasteiger partial charge on any atom is -0.326 e. The zero-order valence-corrected chi connectivity index (χ0v) is 13.7. The summed E-state index contributed by atoms with van der Waals surface area (Å²) in [4.78, 5) is 34.6. The van der Waals surface area contributed by atoms with Gasteiger partial charge in [-0.1, -0.05) is 0 Å². The number of carbonyl (C=O) groups excluding carboxylic acids is 1. The van der Waals surface area contributed by atoms with E-state index in [1.165, 1.54) is 0 Å². The van der Waals surface area contributed by atoms with Gasteiger partial charge in [0, 0.05) is 24.4 Å². The van der Waals surface area contributed by atoms with E-state index < -0.39 is 15.9 Å². The summed E-state index contributed by atoms with van der Waals surface area (Å²) in [5, 5.41) is 22.3. The number of pyridine rings is 1. The van der Waals surface area contributed by atoms with Gasteiger partial charge in [-0.3, -0.25) is 19.7 Å². The second kappa shape index (κ2) is 6.97. The quantitative estimate of drug-likeness (QED) is 0.662. The molecule has 0 saturated heterocycles. The highest BCUT2D eigenvalue weighted by atomic mass is 16.6. The highest BCUT2D eigenvalue weighted by Gasteiger charge is 2.29. The van der Waals surface area contributed by atoms with Crippen molar-refractivity contribution in [3.8, 4) is 6.07 Å². The van der Waals surface area contributed by atoms with Gasteiger partial charge >= 0.3 is 0 Å². The van der Waals surface area contributed by atoms with E-state index in [1.807, 2.05) is 6.07 Å². The van der Waals surface area contributed by atoms with Crippen LogP contribution in [0.4, 0.5) is 11.4 Å². The average Bonchev–Trinajstić information content (AvgIpc) is 2.57. The number of nitrogens with one attached hydrogen (secondary N) is 1. The third kappa shape index (κ3) is 4.29. The molecule has 0 unspecified atom stereocenters. The van der Waals surface area contributed by atoms with E-state index in [-0.39, 0.29) is 18.1 Å². The third-order valence-electron chi connectivity index (χ3n) is 3.63. The van der Waals surface area contributed by atoms with Crippen molar-refractivity contribution in [2.75, 3.05) is 5.32 Å². The van der Waals surface area contributed by atoms with Crippen LogP contribution < -0.4 is 10.9 Å². The zero-order chi connectivity index (χ0) is 18.6. The van der Waals surface area contributed by atoms with Crippen LogP contribution in [0.2, 0.25) is 0 Å². The maximum absolute atomic E-state index is 12.5. The van der Waals surface area contributed by atoms with Crippen LogP contribution in [0.3, 0.4) is 0 Å². The van der Waals surface area contributed by atoms with Gasteiger partial charge in [0.05, 0.1) is 28.2 Å². The molecular formula is C17H16N4O4. The molecule has 8 nitrogen and oxygen atoms in total. The van der Waals surface area contributed by atoms with E-state index >= 15 is 0 Å². The smallest absolute Gasteiger partial charge is 0.285 e. The van der Waals surface area contributed by atoms with Crippen molar-refractivity contribution in [1.29, 1.82) is 5.26 Å². The van der Waals surface area contributed by atoms with Crippen LogP contribution in [0.25, 0.3) is 0 Å². The van der Waals surface area contributed by atoms with Crippen LogP contribution in [0.1, 0.15) is 19.4 Å². The first-order valence-electron chi connectivity index (χ1n) is 7.39. The number of aromatic nitrogens is 1. The molecule has 0 bridgehead atoms. The van der Waals surface area contributed by atoms with E-state index in [0.29, 0.717) is 11.3 Å². The lowest BCUT2D eigenvalue weighted by molar-refractivity contribution is -0.385. The van der Waals surface area contributed by atoms with Crippen molar-refractivity contribution in [2.45, 2.75) is 20.4 Å². The molecule has 25 heavy (non-hydrogen) atoms. The van der Waals surface area contributed by atoms with Crippen LogP contribution in [-0.4, -0.2) is 15.4 Å². The fraction of sp³-hybridized carbons (Fsp3) is 0.235. The van der Waals surface area contributed by atoms with Crippen LogP contribution in [0, 0.1) is 26.9 Å². The highest BCUT2D eigenvalue weighted by Crippen LogP contribution is 2.21. The summed E-state index contributed by atoms with van der Waals surface area (Å²) >= 11 is 0. The Kier molecular flexibility index (Phi) is 4.98. The van der Waals surface area contributed by atoms with Gasteiger partial charge in [-0.25, -0.2) is 0 Å². The fourth-order valence-electron chi connectivity index (χ4n) is 2.18. The average molecular weight is 340 g/mol. The second-order valence-corrected chi connectivity index (χ2v) is 6.14. The lowest BCUT2D eigenvalue weighted by Gasteiger charge is -2.24. The number of nitro groups is 1. The number of nitrogens with zero attached hydrogens (tertiary/aromatic N) is 3. The van der Waals surface area contributed by atoms with Gasteiger partial charge in [-0.15, -0.1) is 0 Å². The number of hydrogen-bond acceptors (Lipinski definition) is 5. The summed E-state index contributed by atoms with van der Waals surface area (Å²) in [6.07, 6.45) is 1.12. The topological polar surface area (TPSA) is 118 Å². The second-order valence-electron chi connectivity index (χ2n) is 6.14. The van der Waals surface area contributed by atoms with Gasteiger partial charge in [0.2, 0.25) is 5.91 Å². The normalized spacial score (nSPS) is 10.8. The van der Waals surface area contributed by atoms with Crippen molar-refractivity contribution in [1.82, 2.24) is 4.57 Å². The Bertz CT molecular complexity index is 907. The Morgan fingerprint density at radius 1 is 1.28 bits per heavy atom. The number of hydrogen-bond donors (Lipinski definition) is 1. The minimum atomic E-state index is -0.993. The Hall–Kier alpha value is -3.47. The predicted octanol–water partition coefficient (Wildman–Crippen LogP) is 2.29. The maximum atomic E-state index is 12.5. The third-order valence-corrected chi connectivity index (χ3v) is 3.63. The van der Waals surface area contributed by atoms with Crippen LogP contribution in [-0.2, 0) is 11.3 Å². The van der Waals surface area contributed by atoms with Gasteiger partial charge in [-0.05, 0) is 38.1 Å². The van der Waals surface area contributed by atoms with Crippen molar-refractivity contribution in [2.24, 2.45) is 5.41 Å². The van der Waals surface area contributed by atoms with Gasteiger partial charge in [0.1, 0.15) is 0 Å². The van der Waals surface area contributed by atoms with E-state index in [1.54, 1.807) is 38.1 Å². The molecule has 0 radical (unpaired) electrons.